The molecule has 1 amide bonds. The van der Waals surface area contributed by atoms with Crippen LogP contribution in [0.4, 0.5) is 0 Å². The smallest absolute Gasteiger partial charge is 0.220 e. The first-order chi connectivity index (χ1) is 8.29. The highest BCUT2D eigenvalue weighted by atomic mass is 16.5. The molecule has 1 N–H and O–H groups in total. The Bertz CT molecular complexity index is 468. The lowest BCUT2D eigenvalue weighted by Gasteiger charge is -2.16. The summed E-state index contributed by atoms with van der Waals surface area (Å²) in [6.07, 6.45) is 3.63. The van der Waals surface area contributed by atoms with Gasteiger partial charge in [0.05, 0.1) is 12.6 Å². The van der Waals surface area contributed by atoms with E-state index in [1.54, 1.807) is 0 Å². The van der Waals surface area contributed by atoms with Crippen molar-refractivity contribution in [2.75, 3.05) is 6.61 Å². The number of carbonyl (C=O) groups excluding carboxylic acids is 1. The van der Waals surface area contributed by atoms with Crippen LogP contribution < -0.4 is 10.1 Å². The topological polar surface area (TPSA) is 38.3 Å². The summed E-state index contributed by atoms with van der Waals surface area (Å²) in [5.74, 6) is 1.15. The molecule has 3 nitrogen and oxygen atoms in total. The number of ether oxygens (including phenoxy) is 1. The SMILES string of the molecule is CCC(=O)N[C@H]1CCc2ccc3c(c21)CCO3. The number of fused-ring (bicyclic) bond motifs is 3. The van der Waals surface area contributed by atoms with Crippen molar-refractivity contribution in [1.29, 1.82) is 0 Å². The molecule has 0 bridgehead atoms. The summed E-state index contributed by atoms with van der Waals surface area (Å²) in [5.41, 5.74) is 4.04. The van der Waals surface area contributed by atoms with E-state index in [4.69, 9.17) is 4.74 Å². The summed E-state index contributed by atoms with van der Waals surface area (Å²) in [6.45, 7) is 2.67. The first-order valence-electron chi connectivity index (χ1n) is 6.36. The summed E-state index contributed by atoms with van der Waals surface area (Å²) in [4.78, 5) is 11.5. The van der Waals surface area contributed by atoms with Crippen LogP contribution in [0.5, 0.6) is 5.75 Å². The van der Waals surface area contributed by atoms with Gasteiger partial charge in [0.15, 0.2) is 0 Å². The first kappa shape index (κ1) is 10.6. The lowest BCUT2D eigenvalue weighted by atomic mass is 9.98. The zero-order valence-corrected chi connectivity index (χ0v) is 10.1. The second kappa shape index (κ2) is 4.06. The van der Waals surface area contributed by atoms with Gasteiger partial charge in [0, 0.05) is 18.4 Å². The molecule has 1 aliphatic heterocycles. The van der Waals surface area contributed by atoms with Crippen LogP contribution in [0.15, 0.2) is 12.1 Å². The Kier molecular flexibility index (Phi) is 2.54. The molecule has 1 aromatic rings. The van der Waals surface area contributed by atoms with Crippen LogP contribution >= 0.6 is 0 Å². The summed E-state index contributed by atoms with van der Waals surface area (Å²) in [5, 5.41) is 3.12. The van der Waals surface area contributed by atoms with E-state index in [9.17, 15) is 4.79 Å². The number of hydrogen-bond acceptors (Lipinski definition) is 2. The maximum absolute atomic E-state index is 11.5. The zero-order chi connectivity index (χ0) is 11.8. The molecule has 0 spiro atoms. The van der Waals surface area contributed by atoms with E-state index in [0.29, 0.717) is 6.42 Å². The largest absolute Gasteiger partial charge is 0.493 e. The van der Waals surface area contributed by atoms with Crippen molar-refractivity contribution in [3.05, 3.63) is 28.8 Å². The van der Waals surface area contributed by atoms with Gasteiger partial charge in [0.1, 0.15) is 5.75 Å². The fourth-order valence-corrected chi connectivity index (χ4v) is 2.89. The summed E-state index contributed by atoms with van der Waals surface area (Å²) >= 11 is 0. The number of benzene rings is 1. The second-order valence-corrected chi connectivity index (χ2v) is 4.73. The quantitative estimate of drug-likeness (QED) is 0.846. The Morgan fingerprint density at radius 1 is 1.47 bits per heavy atom. The number of aryl methyl sites for hydroxylation is 1. The molecule has 1 aliphatic carbocycles. The monoisotopic (exact) mass is 231 g/mol. The average Bonchev–Trinajstić information content (AvgIpc) is 2.94. The van der Waals surface area contributed by atoms with Crippen molar-refractivity contribution in [2.24, 2.45) is 0 Å². The van der Waals surface area contributed by atoms with Gasteiger partial charge >= 0.3 is 0 Å². The van der Waals surface area contributed by atoms with E-state index < -0.39 is 0 Å². The summed E-state index contributed by atoms with van der Waals surface area (Å²) in [6, 6.07) is 4.43. The first-order valence-corrected chi connectivity index (χ1v) is 6.36. The minimum Gasteiger partial charge on any atom is -0.493 e. The fourth-order valence-electron chi connectivity index (χ4n) is 2.89. The van der Waals surface area contributed by atoms with Crippen molar-refractivity contribution in [3.63, 3.8) is 0 Å². The summed E-state index contributed by atoms with van der Waals surface area (Å²) < 4.78 is 5.59. The number of rotatable bonds is 2. The summed E-state index contributed by atoms with van der Waals surface area (Å²) in [7, 11) is 0. The highest BCUT2D eigenvalue weighted by molar-refractivity contribution is 5.76. The molecule has 0 fully saturated rings. The van der Waals surface area contributed by atoms with E-state index in [0.717, 1.165) is 31.6 Å². The molecule has 0 aromatic heterocycles. The molecule has 17 heavy (non-hydrogen) atoms. The molecule has 1 aromatic carbocycles. The van der Waals surface area contributed by atoms with Crippen molar-refractivity contribution in [3.8, 4) is 5.75 Å². The van der Waals surface area contributed by atoms with Gasteiger partial charge in [-0.25, -0.2) is 0 Å². The maximum Gasteiger partial charge on any atom is 0.220 e. The van der Waals surface area contributed by atoms with E-state index in [-0.39, 0.29) is 11.9 Å². The maximum atomic E-state index is 11.5. The Balaban J connectivity index is 1.95. The number of hydrogen-bond donors (Lipinski definition) is 1. The van der Waals surface area contributed by atoms with Crippen molar-refractivity contribution < 1.29 is 9.53 Å². The van der Waals surface area contributed by atoms with Crippen molar-refractivity contribution in [2.45, 2.75) is 38.6 Å². The highest BCUT2D eigenvalue weighted by Gasteiger charge is 2.29. The fraction of sp³-hybridized carbons (Fsp3) is 0.500. The molecule has 0 saturated heterocycles. The van der Waals surface area contributed by atoms with Crippen LogP contribution in [0.2, 0.25) is 0 Å². The van der Waals surface area contributed by atoms with Gasteiger partial charge in [0.2, 0.25) is 5.91 Å². The third-order valence-electron chi connectivity index (χ3n) is 3.72. The van der Waals surface area contributed by atoms with Crippen LogP contribution in [-0.2, 0) is 17.6 Å². The van der Waals surface area contributed by atoms with E-state index in [2.05, 4.69) is 17.4 Å². The van der Waals surface area contributed by atoms with Gasteiger partial charge in [-0.1, -0.05) is 13.0 Å². The predicted octanol–water partition coefficient (Wildman–Crippen LogP) is 2.13. The van der Waals surface area contributed by atoms with Crippen molar-refractivity contribution in [1.82, 2.24) is 5.32 Å². The third-order valence-corrected chi connectivity index (χ3v) is 3.72. The molecule has 0 saturated carbocycles. The Morgan fingerprint density at radius 3 is 3.18 bits per heavy atom. The predicted molar refractivity (Wildman–Crippen MR) is 65.1 cm³/mol. The lowest BCUT2D eigenvalue weighted by Crippen LogP contribution is -2.26. The van der Waals surface area contributed by atoms with Gasteiger partial charge in [-0.15, -0.1) is 0 Å². The van der Waals surface area contributed by atoms with Crippen LogP contribution in [0.25, 0.3) is 0 Å². The molecule has 1 heterocycles. The normalized spacial score (nSPS) is 20.6. The molecule has 90 valence electrons. The minimum absolute atomic E-state index is 0.138. The Morgan fingerprint density at radius 2 is 2.35 bits per heavy atom. The van der Waals surface area contributed by atoms with Crippen LogP contribution in [-0.4, -0.2) is 12.5 Å². The van der Waals surface area contributed by atoms with Gasteiger partial charge < -0.3 is 10.1 Å². The minimum atomic E-state index is 0.138. The molecule has 0 radical (unpaired) electrons. The molecular formula is C14H17NO2. The third kappa shape index (κ3) is 1.70. The van der Waals surface area contributed by atoms with E-state index in [1.807, 2.05) is 6.92 Å². The highest BCUT2D eigenvalue weighted by Crippen LogP contribution is 2.40. The zero-order valence-electron chi connectivity index (χ0n) is 10.1. The van der Waals surface area contributed by atoms with Crippen LogP contribution in [0, 0.1) is 0 Å². The van der Waals surface area contributed by atoms with Crippen LogP contribution in [0.1, 0.15) is 42.5 Å². The number of nitrogens with one attached hydrogen (secondary N) is 1. The second-order valence-electron chi connectivity index (χ2n) is 4.73. The number of carbonyl (C=O) groups is 1. The molecule has 3 heteroatoms. The van der Waals surface area contributed by atoms with E-state index in [1.165, 1.54) is 16.7 Å². The molecule has 2 aliphatic rings. The van der Waals surface area contributed by atoms with E-state index >= 15 is 0 Å². The van der Waals surface area contributed by atoms with Crippen molar-refractivity contribution >= 4 is 5.91 Å². The van der Waals surface area contributed by atoms with Gasteiger partial charge in [-0.05, 0) is 30.0 Å². The Labute approximate surface area is 101 Å². The molecule has 3 rings (SSSR count). The van der Waals surface area contributed by atoms with Gasteiger partial charge in [-0.2, -0.15) is 0 Å². The molecule has 1 atom stereocenters. The lowest BCUT2D eigenvalue weighted by molar-refractivity contribution is -0.121. The molecular weight excluding hydrogens is 214 g/mol. The average molecular weight is 231 g/mol. The van der Waals surface area contributed by atoms with Gasteiger partial charge in [-0.3, -0.25) is 4.79 Å². The van der Waals surface area contributed by atoms with Gasteiger partial charge in [0.25, 0.3) is 0 Å². The standard InChI is InChI=1S/C14H17NO2/c1-2-13(16)15-11-5-3-9-4-6-12-10(14(9)11)7-8-17-12/h4,6,11H,2-3,5,7-8H2,1H3,(H,15,16)/t11-/m0/s1. The Hall–Kier alpha value is -1.51. The van der Waals surface area contributed by atoms with Crippen LogP contribution in [0.3, 0.4) is 0 Å². The number of amides is 1. The molecule has 0 unspecified atom stereocenters.